The van der Waals surface area contributed by atoms with E-state index in [-0.39, 0.29) is 6.03 Å². The first kappa shape index (κ1) is 11.6. The molecule has 2 aromatic rings. The highest BCUT2D eigenvalue weighted by molar-refractivity contribution is 7.15. The van der Waals surface area contributed by atoms with Gasteiger partial charge in [0.05, 0.1) is 0 Å². The van der Waals surface area contributed by atoms with Crippen molar-refractivity contribution in [3.05, 3.63) is 40.9 Å². The van der Waals surface area contributed by atoms with E-state index in [9.17, 15) is 4.79 Å². The van der Waals surface area contributed by atoms with Crippen LogP contribution >= 0.6 is 11.3 Å². The molecule has 0 spiro atoms. The quantitative estimate of drug-likeness (QED) is 0.854. The molecule has 2 N–H and O–H groups in total. The maximum absolute atomic E-state index is 11.6. The van der Waals surface area contributed by atoms with E-state index in [1.807, 2.05) is 38.1 Å². The van der Waals surface area contributed by atoms with Crippen LogP contribution in [-0.2, 0) is 0 Å². The van der Waals surface area contributed by atoms with Gasteiger partial charge in [-0.15, -0.1) is 11.3 Å². The molecule has 0 atom stereocenters. The van der Waals surface area contributed by atoms with Crippen molar-refractivity contribution in [1.29, 1.82) is 0 Å². The molecule has 0 aliphatic carbocycles. The van der Waals surface area contributed by atoms with Crippen molar-refractivity contribution in [1.82, 2.24) is 4.98 Å². The summed E-state index contributed by atoms with van der Waals surface area (Å²) in [7, 11) is 0. The number of carbonyl (C=O) groups excluding carboxylic acids is 1. The normalized spacial score (nSPS) is 10.0. The van der Waals surface area contributed by atoms with Gasteiger partial charge >= 0.3 is 6.03 Å². The Morgan fingerprint density at radius 1 is 1.18 bits per heavy atom. The summed E-state index contributed by atoms with van der Waals surface area (Å²) in [5.41, 5.74) is 1.92. The largest absolute Gasteiger partial charge is 0.325 e. The average molecular weight is 247 g/mol. The van der Waals surface area contributed by atoms with E-state index < -0.39 is 0 Å². The fourth-order valence-electron chi connectivity index (χ4n) is 1.31. The van der Waals surface area contributed by atoms with E-state index in [4.69, 9.17) is 0 Å². The van der Waals surface area contributed by atoms with Crippen LogP contribution in [0.1, 0.15) is 10.4 Å². The van der Waals surface area contributed by atoms with Crippen LogP contribution in [0, 0.1) is 13.8 Å². The Bertz CT molecular complexity index is 519. The third-order valence-electron chi connectivity index (χ3n) is 2.15. The molecule has 0 fully saturated rings. The standard InChI is InChI=1S/C12H13N3OS/c1-8-3-5-10(6-4-8)14-11(16)15-12-13-7-9(2)17-12/h3-7H,1-2H3,(H2,13,14,15,16). The Hall–Kier alpha value is -1.88. The molecule has 0 unspecified atom stereocenters. The number of aryl methyl sites for hydroxylation is 2. The highest BCUT2D eigenvalue weighted by Gasteiger charge is 2.04. The van der Waals surface area contributed by atoms with Crippen LogP contribution < -0.4 is 10.6 Å². The van der Waals surface area contributed by atoms with Crippen molar-refractivity contribution in [2.75, 3.05) is 10.6 Å². The molecule has 4 nitrogen and oxygen atoms in total. The maximum Gasteiger partial charge on any atom is 0.325 e. The second-order valence-corrected chi connectivity index (χ2v) is 4.96. The van der Waals surface area contributed by atoms with Gasteiger partial charge in [0.2, 0.25) is 0 Å². The molecule has 0 aliphatic rings. The third kappa shape index (κ3) is 3.29. The Labute approximate surface area is 104 Å². The number of carbonyl (C=O) groups is 1. The summed E-state index contributed by atoms with van der Waals surface area (Å²) in [6.07, 6.45) is 1.73. The predicted octanol–water partition coefficient (Wildman–Crippen LogP) is 3.40. The number of aromatic nitrogens is 1. The van der Waals surface area contributed by atoms with Gasteiger partial charge in [-0.2, -0.15) is 0 Å². The first-order valence-corrected chi connectivity index (χ1v) is 6.02. The fraction of sp³-hybridized carbons (Fsp3) is 0.167. The van der Waals surface area contributed by atoms with Gasteiger partial charge in [0.25, 0.3) is 0 Å². The molecule has 0 radical (unpaired) electrons. The van der Waals surface area contributed by atoms with Crippen LogP contribution in [0.3, 0.4) is 0 Å². The van der Waals surface area contributed by atoms with Crippen molar-refractivity contribution >= 4 is 28.2 Å². The number of hydrogen-bond donors (Lipinski definition) is 2. The molecule has 2 rings (SSSR count). The SMILES string of the molecule is Cc1ccc(NC(=O)Nc2ncc(C)s2)cc1. The van der Waals surface area contributed by atoms with Crippen molar-refractivity contribution in [2.45, 2.75) is 13.8 Å². The van der Waals surface area contributed by atoms with Crippen molar-refractivity contribution in [3.8, 4) is 0 Å². The minimum absolute atomic E-state index is 0.275. The lowest BCUT2D eigenvalue weighted by Gasteiger charge is -2.05. The summed E-state index contributed by atoms with van der Waals surface area (Å²) in [6, 6.07) is 7.35. The van der Waals surface area contributed by atoms with E-state index in [0.717, 1.165) is 16.1 Å². The van der Waals surface area contributed by atoms with Crippen molar-refractivity contribution in [2.24, 2.45) is 0 Å². The number of benzene rings is 1. The number of amides is 2. The van der Waals surface area contributed by atoms with Gasteiger partial charge in [0.15, 0.2) is 5.13 Å². The maximum atomic E-state index is 11.6. The van der Waals surface area contributed by atoms with E-state index >= 15 is 0 Å². The first-order valence-electron chi connectivity index (χ1n) is 5.20. The monoisotopic (exact) mass is 247 g/mol. The molecule has 0 bridgehead atoms. The first-order chi connectivity index (χ1) is 8.13. The molecular formula is C12H13N3OS. The molecule has 88 valence electrons. The van der Waals surface area contributed by atoms with Crippen molar-refractivity contribution in [3.63, 3.8) is 0 Å². The number of hydrogen-bond acceptors (Lipinski definition) is 3. The summed E-state index contributed by atoms with van der Waals surface area (Å²) in [5.74, 6) is 0. The Morgan fingerprint density at radius 2 is 1.88 bits per heavy atom. The van der Waals surface area contributed by atoms with Crippen LogP contribution in [0.4, 0.5) is 15.6 Å². The molecule has 2 amide bonds. The molecule has 0 saturated carbocycles. The van der Waals surface area contributed by atoms with Crippen LogP contribution in [0.25, 0.3) is 0 Å². The smallest absolute Gasteiger partial charge is 0.308 e. The Kier molecular flexibility index (Phi) is 3.39. The van der Waals surface area contributed by atoms with Crippen LogP contribution in [0.15, 0.2) is 30.5 Å². The Balaban J connectivity index is 1.95. The number of urea groups is 1. The van der Waals surface area contributed by atoms with Gasteiger partial charge in [-0.05, 0) is 26.0 Å². The number of thiazole rings is 1. The van der Waals surface area contributed by atoms with E-state index in [0.29, 0.717) is 5.13 Å². The topological polar surface area (TPSA) is 54.0 Å². The molecule has 1 aromatic carbocycles. The predicted molar refractivity (Wildman–Crippen MR) is 70.7 cm³/mol. The van der Waals surface area contributed by atoms with Gasteiger partial charge < -0.3 is 5.32 Å². The van der Waals surface area contributed by atoms with Gasteiger partial charge in [-0.25, -0.2) is 9.78 Å². The lowest BCUT2D eigenvalue weighted by molar-refractivity contribution is 0.262. The lowest BCUT2D eigenvalue weighted by Crippen LogP contribution is -2.19. The molecule has 17 heavy (non-hydrogen) atoms. The number of rotatable bonds is 2. The Morgan fingerprint density at radius 3 is 2.47 bits per heavy atom. The summed E-state index contributed by atoms with van der Waals surface area (Å²) < 4.78 is 0. The molecular weight excluding hydrogens is 234 g/mol. The van der Waals surface area contributed by atoms with Crippen molar-refractivity contribution < 1.29 is 4.79 Å². The van der Waals surface area contributed by atoms with E-state index in [2.05, 4.69) is 15.6 Å². The summed E-state index contributed by atoms with van der Waals surface area (Å²) >= 11 is 1.45. The number of nitrogens with one attached hydrogen (secondary N) is 2. The van der Waals surface area contributed by atoms with E-state index in [1.54, 1.807) is 6.20 Å². The third-order valence-corrected chi connectivity index (χ3v) is 2.98. The zero-order valence-electron chi connectivity index (χ0n) is 9.65. The van der Waals surface area contributed by atoms with E-state index in [1.165, 1.54) is 11.3 Å². The molecule has 5 heteroatoms. The zero-order chi connectivity index (χ0) is 12.3. The second kappa shape index (κ2) is 4.97. The summed E-state index contributed by atoms with van der Waals surface area (Å²) in [4.78, 5) is 16.7. The summed E-state index contributed by atoms with van der Waals surface area (Å²) in [6.45, 7) is 3.95. The lowest BCUT2D eigenvalue weighted by atomic mass is 10.2. The highest BCUT2D eigenvalue weighted by atomic mass is 32.1. The fourth-order valence-corrected chi connectivity index (χ4v) is 1.97. The van der Waals surface area contributed by atoms with Gasteiger partial charge in [0, 0.05) is 16.8 Å². The van der Waals surface area contributed by atoms with Gasteiger partial charge in [-0.3, -0.25) is 5.32 Å². The highest BCUT2D eigenvalue weighted by Crippen LogP contribution is 2.17. The van der Waals surface area contributed by atoms with Gasteiger partial charge in [-0.1, -0.05) is 17.7 Å². The minimum Gasteiger partial charge on any atom is -0.308 e. The van der Waals surface area contributed by atoms with Gasteiger partial charge in [0.1, 0.15) is 0 Å². The second-order valence-electron chi connectivity index (χ2n) is 3.72. The molecule has 1 heterocycles. The van der Waals surface area contributed by atoms with Crippen LogP contribution in [0.5, 0.6) is 0 Å². The van der Waals surface area contributed by atoms with Crippen LogP contribution in [-0.4, -0.2) is 11.0 Å². The zero-order valence-corrected chi connectivity index (χ0v) is 10.5. The molecule has 0 aliphatic heterocycles. The number of anilines is 2. The average Bonchev–Trinajstić information content (AvgIpc) is 2.67. The molecule has 0 saturated heterocycles. The summed E-state index contributed by atoms with van der Waals surface area (Å²) in [5, 5.41) is 6.03. The van der Waals surface area contributed by atoms with Crippen LogP contribution in [0.2, 0.25) is 0 Å². The molecule has 1 aromatic heterocycles. The minimum atomic E-state index is -0.275. The number of nitrogens with zero attached hydrogens (tertiary/aromatic N) is 1.